The summed E-state index contributed by atoms with van der Waals surface area (Å²) in [5.41, 5.74) is 6.76. The van der Waals surface area contributed by atoms with E-state index in [0.717, 1.165) is 0 Å². The van der Waals surface area contributed by atoms with Gasteiger partial charge in [0.15, 0.2) is 0 Å². The molecule has 0 saturated carbocycles. The molecule has 1 amide bonds. The second-order valence-corrected chi connectivity index (χ2v) is 20.8. The highest BCUT2D eigenvalue weighted by Crippen LogP contribution is 2.66. The Hall–Kier alpha value is -3.24. The number of carboxylic acids is 2. The number of Topliss-reactive ketones (excluding diaryl/α,β-unsaturated/α-hetero) is 2. The van der Waals surface area contributed by atoms with E-state index >= 15 is 0 Å². The molecule has 0 spiro atoms. The van der Waals surface area contributed by atoms with Gasteiger partial charge in [0.1, 0.15) is 47.7 Å². The molecule has 346 valence electrons. The third-order valence-electron chi connectivity index (χ3n) is 8.73. The topological polar surface area (TPSA) is 384 Å². The van der Waals surface area contributed by atoms with Crippen molar-refractivity contribution in [3.8, 4) is 11.8 Å². The summed E-state index contributed by atoms with van der Waals surface area (Å²) in [5.74, 6) is 3.67. The van der Waals surface area contributed by atoms with Gasteiger partial charge in [-0.05, 0) is 12.8 Å². The number of phosphoric acid groups is 3. The number of ketones is 2. The van der Waals surface area contributed by atoms with Crippen molar-refractivity contribution in [3.63, 3.8) is 0 Å². The summed E-state index contributed by atoms with van der Waals surface area (Å²) >= 11 is 0. The van der Waals surface area contributed by atoms with E-state index in [0.29, 0.717) is 61.0 Å². The number of carbonyl (C=O) groups excluding carboxylic acids is 3. The van der Waals surface area contributed by atoms with E-state index in [4.69, 9.17) is 30.5 Å². The highest BCUT2D eigenvalue weighted by Gasteiger charge is 2.43. The van der Waals surface area contributed by atoms with Crippen LogP contribution in [0.2, 0.25) is 0 Å². The maximum atomic E-state index is 12.5. The standard InChI is InChI=1S/C33H48N5O19P3S2/c1-20(24(40)10-4-2-3-5-11-27(42)37-23(33(45)46)14-29(43)44)18-62-61-13-12-22(39)9-7-6-8-21-16-38(32-30(21)31(34)35-19-36-32)28-15-25(41)26(55-28)17-54-59(50,51)57-60(52,53)56-58(47,48)49/h16,19-20,23,25-26,28,41H,2-5,7,9-15,17-18H2,1H3,(H,37,42)(H,43,44)(H,45,46)(H,50,51)(H,52,53)(H2,34,35,36)(H2,47,48,49). The molecule has 29 heteroatoms. The van der Waals surface area contributed by atoms with Gasteiger partial charge in [0, 0.05) is 62.1 Å². The molecule has 2 aromatic rings. The van der Waals surface area contributed by atoms with Crippen LogP contribution in [0.25, 0.3) is 11.0 Å². The molecule has 2 aromatic heterocycles. The van der Waals surface area contributed by atoms with Gasteiger partial charge in [0.05, 0.1) is 30.1 Å². The molecule has 0 aromatic carbocycles. The van der Waals surface area contributed by atoms with E-state index in [9.17, 15) is 52.6 Å². The minimum Gasteiger partial charge on any atom is -0.481 e. The number of rotatable bonds is 28. The number of nitrogens with one attached hydrogen (secondary N) is 1. The van der Waals surface area contributed by atoms with Crippen LogP contribution in [0.5, 0.6) is 0 Å². The molecule has 3 heterocycles. The van der Waals surface area contributed by atoms with Crippen LogP contribution in [0.1, 0.15) is 89.3 Å². The van der Waals surface area contributed by atoms with Crippen molar-refractivity contribution >= 4 is 91.3 Å². The molecule has 62 heavy (non-hydrogen) atoms. The van der Waals surface area contributed by atoms with E-state index in [2.05, 4.69) is 40.3 Å². The summed E-state index contributed by atoms with van der Waals surface area (Å²) in [6, 6.07) is -1.49. The van der Waals surface area contributed by atoms with E-state index in [-0.39, 0.29) is 54.6 Å². The molecule has 10 N–H and O–H groups in total. The zero-order chi connectivity index (χ0) is 46.3. The Morgan fingerprint density at radius 2 is 1.68 bits per heavy atom. The van der Waals surface area contributed by atoms with Gasteiger partial charge in [-0.3, -0.25) is 23.7 Å². The zero-order valence-corrected chi connectivity index (χ0v) is 37.4. The number of aliphatic hydroxyl groups excluding tert-OH is 1. The van der Waals surface area contributed by atoms with Crippen LogP contribution in [0.3, 0.4) is 0 Å². The van der Waals surface area contributed by atoms with Crippen molar-refractivity contribution in [3.05, 3.63) is 18.1 Å². The van der Waals surface area contributed by atoms with Crippen molar-refractivity contribution < 1.29 is 90.4 Å². The van der Waals surface area contributed by atoms with Crippen LogP contribution in [-0.4, -0.2) is 115 Å². The lowest BCUT2D eigenvalue weighted by Gasteiger charge is -2.19. The number of carboxylic acid groups (broad SMARTS) is 2. The van der Waals surface area contributed by atoms with Gasteiger partial charge in [-0.1, -0.05) is 53.2 Å². The molecule has 1 aliphatic heterocycles. The Kier molecular flexibility index (Phi) is 21.2. The van der Waals surface area contributed by atoms with E-state index in [1.807, 2.05) is 6.92 Å². The predicted molar refractivity (Wildman–Crippen MR) is 221 cm³/mol. The van der Waals surface area contributed by atoms with Crippen LogP contribution in [0.15, 0.2) is 12.5 Å². The van der Waals surface area contributed by atoms with Gasteiger partial charge in [-0.25, -0.2) is 28.5 Å². The number of amides is 1. The number of ether oxygens (including phenoxy) is 1. The number of nitrogens with zero attached hydrogens (tertiary/aromatic N) is 3. The second-order valence-electron chi connectivity index (χ2n) is 13.8. The van der Waals surface area contributed by atoms with Crippen molar-refractivity contribution in [2.24, 2.45) is 5.92 Å². The molecular weight excluding hydrogens is 927 g/mol. The first kappa shape index (κ1) is 53.1. The van der Waals surface area contributed by atoms with Gasteiger partial charge in [0.25, 0.3) is 0 Å². The molecule has 7 unspecified atom stereocenters. The molecule has 7 atom stereocenters. The minimum atomic E-state index is -5.75. The van der Waals surface area contributed by atoms with Gasteiger partial charge < -0.3 is 55.2 Å². The highest BCUT2D eigenvalue weighted by atomic mass is 33.1. The number of anilines is 1. The van der Waals surface area contributed by atoms with Crippen LogP contribution in [-0.2, 0) is 55.5 Å². The lowest BCUT2D eigenvalue weighted by molar-refractivity contribution is -0.147. The normalized spacial score (nSPS) is 19.4. The third-order valence-corrected chi connectivity index (χ3v) is 15.1. The van der Waals surface area contributed by atoms with Crippen molar-refractivity contribution in [1.29, 1.82) is 0 Å². The van der Waals surface area contributed by atoms with E-state index in [1.165, 1.54) is 38.7 Å². The fourth-order valence-corrected chi connectivity index (χ4v) is 11.1. The maximum absolute atomic E-state index is 12.5. The van der Waals surface area contributed by atoms with E-state index in [1.54, 1.807) is 0 Å². The Balaban J connectivity index is 1.37. The Morgan fingerprint density at radius 3 is 2.34 bits per heavy atom. The van der Waals surface area contributed by atoms with Crippen LogP contribution >= 0.6 is 45.1 Å². The average Bonchev–Trinajstić information content (AvgIpc) is 3.71. The SMILES string of the molecule is CC(CSSCCC(=O)CCC#Cc1cn(C2CC(O)C(COP(=O)(O)OP(=O)(O)OP(=O)(O)O)O2)c2ncnc(N)c12)C(=O)CCCCCCC(=O)NC(CC(=O)O)C(=O)O. The largest absolute Gasteiger partial charge is 0.490 e. The number of carbonyl (C=O) groups is 5. The Bertz CT molecular complexity index is 2130. The first-order chi connectivity index (χ1) is 29.0. The maximum Gasteiger partial charge on any atom is 0.490 e. The summed E-state index contributed by atoms with van der Waals surface area (Å²) in [6.07, 6.45) is 1.92. The van der Waals surface area contributed by atoms with E-state index < -0.39 is 78.8 Å². The minimum absolute atomic E-state index is 0.0169. The number of aromatic nitrogens is 3. The van der Waals surface area contributed by atoms with Crippen molar-refractivity contribution in [2.75, 3.05) is 23.8 Å². The monoisotopic (exact) mass is 975 g/mol. The summed E-state index contributed by atoms with van der Waals surface area (Å²) < 4.78 is 53.8. The summed E-state index contributed by atoms with van der Waals surface area (Å²) in [4.78, 5) is 104. The molecule has 1 aliphatic rings. The molecule has 0 radical (unpaired) electrons. The quantitative estimate of drug-likeness (QED) is 0.0256. The van der Waals surface area contributed by atoms with Crippen molar-refractivity contribution in [1.82, 2.24) is 19.9 Å². The molecule has 0 aliphatic carbocycles. The van der Waals surface area contributed by atoms with Crippen LogP contribution in [0, 0.1) is 17.8 Å². The number of aliphatic carboxylic acids is 2. The summed E-state index contributed by atoms with van der Waals surface area (Å²) in [7, 11) is -13.8. The number of hydrogen-bond donors (Lipinski definition) is 9. The smallest absolute Gasteiger partial charge is 0.481 e. The number of aliphatic hydroxyl groups is 1. The number of unbranched alkanes of at least 4 members (excludes halogenated alkanes) is 3. The van der Waals surface area contributed by atoms with Gasteiger partial charge in [-0.2, -0.15) is 8.62 Å². The lowest BCUT2D eigenvalue weighted by atomic mass is 10.0. The Labute approximate surface area is 362 Å². The molecular formula is C33H48N5O19P3S2. The fraction of sp³-hybridized carbons (Fsp3) is 0.606. The van der Waals surface area contributed by atoms with Gasteiger partial charge in [0.2, 0.25) is 5.91 Å². The van der Waals surface area contributed by atoms with Crippen LogP contribution < -0.4 is 11.1 Å². The highest BCUT2D eigenvalue weighted by molar-refractivity contribution is 8.76. The molecule has 1 fully saturated rings. The average molecular weight is 976 g/mol. The number of nitrogen functional groups attached to an aromatic ring is 1. The Morgan fingerprint density at radius 1 is 0.984 bits per heavy atom. The van der Waals surface area contributed by atoms with Gasteiger partial charge in [-0.15, -0.1) is 0 Å². The first-order valence-electron chi connectivity index (χ1n) is 18.7. The number of fused-ring (bicyclic) bond motifs is 1. The molecule has 24 nitrogen and oxygen atoms in total. The summed E-state index contributed by atoms with van der Waals surface area (Å²) in [6.45, 7) is 0.966. The third kappa shape index (κ3) is 18.8. The first-order valence-corrected chi connectivity index (χ1v) is 25.7. The zero-order valence-electron chi connectivity index (χ0n) is 33.0. The molecule has 0 bridgehead atoms. The van der Waals surface area contributed by atoms with Crippen LogP contribution in [0.4, 0.5) is 5.82 Å². The number of phosphoric ester groups is 1. The predicted octanol–water partition coefficient (Wildman–Crippen LogP) is 3.07. The van der Waals surface area contributed by atoms with Gasteiger partial charge >= 0.3 is 35.4 Å². The summed E-state index contributed by atoms with van der Waals surface area (Å²) in [5, 5.41) is 30.9. The lowest BCUT2D eigenvalue weighted by Crippen LogP contribution is -2.42. The number of hydrogen-bond acceptors (Lipinski definition) is 18. The molecule has 1 saturated heterocycles. The second kappa shape index (κ2) is 24.7. The number of nitrogens with two attached hydrogens (primary N) is 1. The fourth-order valence-electron chi connectivity index (χ4n) is 5.70. The van der Waals surface area contributed by atoms with Crippen molar-refractivity contribution in [2.45, 2.75) is 102 Å². The molecule has 3 rings (SSSR count).